The molecule has 0 radical (unpaired) electrons. The van der Waals surface area contributed by atoms with Gasteiger partial charge in [0.15, 0.2) is 0 Å². The molecule has 5 nitrogen and oxygen atoms in total. The van der Waals surface area contributed by atoms with E-state index in [-0.39, 0.29) is 11.8 Å². The van der Waals surface area contributed by atoms with Gasteiger partial charge in [-0.25, -0.2) is 4.68 Å². The van der Waals surface area contributed by atoms with Crippen LogP contribution in [0, 0.1) is 6.92 Å². The molecule has 0 aliphatic rings. The second-order valence-electron chi connectivity index (χ2n) is 7.85. The summed E-state index contributed by atoms with van der Waals surface area (Å²) in [4.78, 5) is 16.5. The number of para-hydroxylation sites is 2. The molecule has 0 aliphatic heterocycles. The lowest BCUT2D eigenvalue weighted by atomic mass is 9.91. The van der Waals surface area contributed by atoms with E-state index in [2.05, 4.69) is 39.7 Å². The first-order valence-electron chi connectivity index (χ1n) is 10.7. The monoisotopic (exact) mass is 420 g/mol. The predicted molar refractivity (Wildman–Crippen MR) is 127 cm³/mol. The Morgan fingerprint density at radius 2 is 1.66 bits per heavy atom. The van der Waals surface area contributed by atoms with Gasteiger partial charge >= 0.3 is 0 Å². The minimum atomic E-state index is -0.120. The van der Waals surface area contributed by atoms with E-state index in [9.17, 15) is 4.79 Å². The van der Waals surface area contributed by atoms with Crippen molar-refractivity contribution in [3.63, 3.8) is 0 Å². The Balaban J connectivity index is 1.42. The molecule has 158 valence electrons. The lowest BCUT2D eigenvalue weighted by Gasteiger charge is -2.18. The van der Waals surface area contributed by atoms with Crippen molar-refractivity contribution in [1.82, 2.24) is 20.1 Å². The molecule has 0 aliphatic carbocycles. The smallest absolute Gasteiger partial charge is 0.254 e. The minimum Gasteiger partial charge on any atom is -0.361 e. The maximum atomic E-state index is 13.1. The van der Waals surface area contributed by atoms with Crippen LogP contribution in [0.5, 0.6) is 0 Å². The zero-order chi connectivity index (χ0) is 21.9. The zero-order valence-electron chi connectivity index (χ0n) is 17.8. The SMILES string of the molecule is Cc1c(C(=O)NC[C@H](c2ccccc2)c2c[nH]c3ccccc23)cnn1-c1ccccc1. The maximum Gasteiger partial charge on any atom is 0.254 e. The van der Waals surface area contributed by atoms with Crippen molar-refractivity contribution in [3.05, 3.63) is 120 Å². The van der Waals surface area contributed by atoms with Gasteiger partial charge in [0.25, 0.3) is 5.91 Å². The second-order valence-corrected chi connectivity index (χ2v) is 7.85. The maximum absolute atomic E-state index is 13.1. The first-order valence-corrected chi connectivity index (χ1v) is 10.7. The normalized spacial score (nSPS) is 12.0. The summed E-state index contributed by atoms with van der Waals surface area (Å²) >= 11 is 0. The molecule has 2 heterocycles. The van der Waals surface area contributed by atoms with Crippen LogP contribution in [0.1, 0.15) is 33.1 Å². The van der Waals surface area contributed by atoms with Gasteiger partial charge in [-0.1, -0.05) is 66.7 Å². The molecular formula is C27H24N4O. The van der Waals surface area contributed by atoms with Crippen LogP contribution < -0.4 is 5.32 Å². The van der Waals surface area contributed by atoms with Crippen LogP contribution in [0.15, 0.2) is 97.3 Å². The Bertz CT molecular complexity index is 1350. The first-order chi connectivity index (χ1) is 15.7. The van der Waals surface area contributed by atoms with Crippen LogP contribution in [0.2, 0.25) is 0 Å². The Kier molecular flexibility index (Phi) is 5.30. The average molecular weight is 421 g/mol. The van der Waals surface area contributed by atoms with E-state index in [4.69, 9.17) is 0 Å². The number of nitrogens with one attached hydrogen (secondary N) is 2. The highest BCUT2D eigenvalue weighted by atomic mass is 16.1. The quantitative estimate of drug-likeness (QED) is 0.395. The lowest BCUT2D eigenvalue weighted by Crippen LogP contribution is -2.29. The molecule has 2 N–H and O–H groups in total. The third-order valence-electron chi connectivity index (χ3n) is 5.92. The Hall–Kier alpha value is -4.12. The molecule has 32 heavy (non-hydrogen) atoms. The van der Waals surface area contributed by atoms with E-state index in [0.717, 1.165) is 22.5 Å². The number of benzene rings is 3. The summed E-state index contributed by atoms with van der Waals surface area (Å²) in [5, 5.41) is 8.75. The van der Waals surface area contributed by atoms with Crippen molar-refractivity contribution in [2.24, 2.45) is 0 Å². The second kappa shape index (κ2) is 8.55. The van der Waals surface area contributed by atoms with Crippen LogP contribution in [-0.2, 0) is 0 Å². The van der Waals surface area contributed by atoms with Gasteiger partial charge in [0, 0.05) is 29.6 Å². The average Bonchev–Trinajstić information content (AvgIpc) is 3.44. The fourth-order valence-electron chi connectivity index (χ4n) is 4.23. The summed E-state index contributed by atoms with van der Waals surface area (Å²) in [6, 6.07) is 28.4. The molecule has 0 bridgehead atoms. The number of hydrogen-bond donors (Lipinski definition) is 2. The molecule has 0 saturated heterocycles. The lowest BCUT2D eigenvalue weighted by molar-refractivity contribution is 0.0952. The summed E-state index contributed by atoms with van der Waals surface area (Å²) in [6.07, 6.45) is 3.69. The number of carbonyl (C=O) groups is 1. The van der Waals surface area contributed by atoms with E-state index in [1.807, 2.05) is 73.8 Å². The van der Waals surface area contributed by atoms with Gasteiger partial charge in [0.1, 0.15) is 0 Å². The number of rotatable bonds is 6. The molecule has 1 amide bonds. The molecule has 2 aromatic heterocycles. The summed E-state index contributed by atoms with van der Waals surface area (Å²) in [6.45, 7) is 2.41. The van der Waals surface area contributed by atoms with E-state index in [1.54, 1.807) is 10.9 Å². The summed E-state index contributed by atoms with van der Waals surface area (Å²) in [5.74, 6) is -0.0915. The first kappa shape index (κ1) is 19.8. The Morgan fingerprint density at radius 3 is 2.44 bits per heavy atom. The number of amides is 1. The van der Waals surface area contributed by atoms with Gasteiger partial charge in [-0.2, -0.15) is 5.10 Å². The number of nitrogens with zero attached hydrogens (tertiary/aromatic N) is 2. The largest absolute Gasteiger partial charge is 0.361 e. The number of H-pyrrole nitrogens is 1. The summed E-state index contributed by atoms with van der Waals surface area (Å²) in [7, 11) is 0. The van der Waals surface area contributed by atoms with Crippen molar-refractivity contribution in [3.8, 4) is 5.69 Å². The summed E-state index contributed by atoms with van der Waals surface area (Å²) in [5.41, 5.74) is 5.76. The topological polar surface area (TPSA) is 62.7 Å². The fraction of sp³-hybridized carbons (Fsp3) is 0.111. The highest BCUT2D eigenvalue weighted by Crippen LogP contribution is 2.30. The highest BCUT2D eigenvalue weighted by Gasteiger charge is 2.21. The number of carbonyl (C=O) groups excluding carboxylic acids is 1. The van der Waals surface area contributed by atoms with Crippen molar-refractivity contribution >= 4 is 16.8 Å². The van der Waals surface area contributed by atoms with Crippen LogP contribution in [0.25, 0.3) is 16.6 Å². The third kappa shape index (κ3) is 3.69. The van der Waals surface area contributed by atoms with Crippen LogP contribution in [0.4, 0.5) is 0 Å². The van der Waals surface area contributed by atoms with Gasteiger partial charge in [-0.05, 0) is 36.2 Å². The molecular weight excluding hydrogens is 396 g/mol. The van der Waals surface area contributed by atoms with Crippen molar-refractivity contribution in [2.75, 3.05) is 6.54 Å². The summed E-state index contributed by atoms with van der Waals surface area (Å²) < 4.78 is 1.79. The standard InChI is InChI=1S/C27H24N4O/c1-19-23(18-30-31(19)21-12-6-3-7-13-21)27(32)29-16-24(20-10-4-2-5-11-20)25-17-28-26-15-9-8-14-22(25)26/h2-15,17-18,24,28H,16H2,1H3,(H,29,32)/t24-/m1/s1. The zero-order valence-corrected chi connectivity index (χ0v) is 17.8. The van der Waals surface area contributed by atoms with Crippen LogP contribution in [0.3, 0.4) is 0 Å². The molecule has 0 saturated carbocycles. The molecule has 5 rings (SSSR count). The van der Waals surface area contributed by atoms with Gasteiger partial charge in [-0.3, -0.25) is 4.79 Å². The van der Waals surface area contributed by atoms with E-state index in [1.165, 1.54) is 10.9 Å². The number of hydrogen-bond acceptors (Lipinski definition) is 2. The number of aromatic amines is 1. The number of fused-ring (bicyclic) bond motifs is 1. The van der Waals surface area contributed by atoms with E-state index < -0.39 is 0 Å². The van der Waals surface area contributed by atoms with Gasteiger partial charge in [0.05, 0.1) is 23.1 Å². The molecule has 0 fully saturated rings. The van der Waals surface area contributed by atoms with E-state index in [0.29, 0.717) is 12.1 Å². The Morgan fingerprint density at radius 1 is 0.969 bits per heavy atom. The number of aromatic nitrogens is 3. The van der Waals surface area contributed by atoms with Crippen molar-refractivity contribution < 1.29 is 4.79 Å². The molecule has 0 unspecified atom stereocenters. The fourth-order valence-corrected chi connectivity index (χ4v) is 4.23. The molecule has 3 aromatic carbocycles. The van der Waals surface area contributed by atoms with Gasteiger partial charge in [0.2, 0.25) is 0 Å². The molecule has 0 spiro atoms. The van der Waals surface area contributed by atoms with E-state index >= 15 is 0 Å². The molecule has 1 atom stereocenters. The predicted octanol–water partition coefficient (Wildman–Crippen LogP) is 5.22. The Labute approximate surface area is 186 Å². The minimum absolute atomic E-state index is 0.0285. The molecule has 5 aromatic rings. The van der Waals surface area contributed by atoms with Crippen molar-refractivity contribution in [2.45, 2.75) is 12.8 Å². The third-order valence-corrected chi connectivity index (χ3v) is 5.92. The van der Waals surface area contributed by atoms with Gasteiger partial charge in [-0.15, -0.1) is 0 Å². The molecule has 5 heteroatoms. The highest BCUT2D eigenvalue weighted by molar-refractivity contribution is 5.95. The van der Waals surface area contributed by atoms with Gasteiger partial charge < -0.3 is 10.3 Å². The van der Waals surface area contributed by atoms with Crippen molar-refractivity contribution in [1.29, 1.82) is 0 Å². The van der Waals surface area contributed by atoms with Crippen LogP contribution >= 0.6 is 0 Å². The van der Waals surface area contributed by atoms with Crippen LogP contribution in [-0.4, -0.2) is 27.2 Å².